The van der Waals surface area contributed by atoms with Crippen molar-refractivity contribution in [2.75, 3.05) is 26.3 Å². The first-order valence-electron chi connectivity index (χ1n) is 10.5. The number of nitriles is 1. The molecule has 1 atom stereocenters. The van der Waals surface area contributed by atoms with Crippen LogP contribution in [-0.4, -0.2) is 60.1 Å². The van der Waals surface area contributed by atoms with E-state index in [-0.39, 0.29) is 37.6 Å². The molecule has 10 nitrogen and oxygen atoms in total. The highest BCUT2D eigenvalue weighted by Crippen LogP contribution is 2.47. The Kier molecular flexibility index (Phi) is 5.46. The van der Waals surface area contributed by atoms with Crippen molar-refractivity contribution in [2.24, 2.45) is 5.14 Å². The molecule has 11 heteroatoms. The Hall–Kier alpha value is -3.17. The van der Waals surface area contributed by atoms with Crippen molar-refractivity contribution < 1.29 is 17.9 Å². The van der Waals surface area contributed by atoms with E-state index in [2.05, 4.69) is 21.0 Å². The van der Waals surface area contributed by atoms with Gasteiger partial charge >= 0.3 is 0 Å². The van der Waals surface area contributed by atoms with Crippen LogP contribution in [-0.2, 0) is 20.4 Å². The molecule has 1 aliphatic carbocycles. The van der Waals surface area contributed by atoms with Gasteiger partial charge in [0.05, 0.1) is 29.3 Å². The SMILES string of the molecule is N#CC1(c2ccc(-c3cc4nccnc4c(OC[C@@H]4CN(S(N)(=O)=O)CCO4)n3)cc2)CC1. The quantitative estimate of drug-likeness (QED) is 0.576. The van der Waals surface area contributed by atoms with Gasteiger partial charge < -0.3 is 9.47 Å². The van der Waals surface area contributed by atoms with E-state index in [1.165, 1.54) is 4.31 Å². The van der Waals surface area contributed by atoms with Gasteiger partial charge in [0.1, 0.15) is 12.7 Å². The molecule has 170 valence electrons. The van der Waals surface area contributed by atoms with Gasteiger partial charge in [0.15, 0.2) is 5.52 Å². The second-order valence-electron chi connectivity index (χ2n) is 8.21. The van der Waals surface area contributed by atoms with Crippen molar-refractivity contribution in [1.29, 1.82) is 5.26 Å². The third-order valence-corrected chi connectivity index (χ3v) is 7.04. The van der Waals surface area contributed by atoms with Gasteiger partial charge in [0.2, 0.25) is 5.88 Å². The van der Waals surface area contributed by atoms with Crippen LogP contribution in [0.4, 0.5) is 0 Å². The van der Waals surface area contributed by atoms with Crippen molar-refractivity contribution in [1.82, 2.24) is 19.3 Å². The predicted molar refractivity (Wildman–Crippen MR) is 119 cm³/mol. The molecule has 1 saturated carbocycles. The lowest BCUT2D eigenvalue weighted by molar-refractivity contribution is -0.0254. The van der Waals surface area contributed by atoms with E-state index in [4.69, 9.17) is 14.6 Å². The molecule has 1 saturated heterocycles. The Morgan fingerprint density at radius 3 is 2.70 bits per heavy atom. The van der Waals surface area contributed by atoms with Crippen LogP contribution in [0, 0.1) is 11.3 Å². The van der Waals surface area contributed by atoms with E-state index in [0.29, 0.717) is 16.7 Å². The van der Waals surface area contributed by atoms with Crippen molar-refractivity contribution in [2.45, 2.75) is 24.4 Å². The lowest BCUT2D eigenvalue weighted by Crippen LogP contribution is -2.49. The molecule has 2 fully saturated rings. The summed E-state index contributed by atoms with van der Waals surface area (Å²) in [7, 11) is -3.79. The third-order valence-electron chi connectivity index (χ3n) is 5.99. The fourth-order valence-electron chi connectivity index (χ4n) is 3.94. The molecule has 2 aliphatic rings. The van der Waals surface area contributed by atoms with Gasteiger partial charge in [0.25, 0.3) is 10.2 Å². The monoisotopic (exact) mass is 466 g/mol. The first kappa shape index (κ1) is 21.7. The largest absolute Gasteiger partial charge is 0.473 e. The number of benzene rings is 1. The average molecular weight is 467 g/mol. The van der Waals surface area contributed by atoms with E-state index < -0.39 is 16.3 Å². The van der Waals surface area contributed by atoms with Crippen LogP contribution < -0.4 is 9.88 Å². The minimum absolute atomic E-state index is 0.0811. The van der Waals surface area contributed by atoms with Crippen LogP contribution in [0.5, 0.6) is 5.88 Å². The van der Waals surface area contributed by atoms with Gasteiger partial charge in [-0.15, -0.1) is 0 Å². The highest BCUT2D eigenvalue weighted by atomic mass is 32.2. The summed E-state index contributed by atoms with van der Waals surface area (Å²) in [6.45, 7) is 0.623. The number of pyridine rings is 1. The Bertz CT molecular complexity index is 1340. The molecule has 0 amide bonds. The molecule has 2 aromatic heterocycles. The van der Waals surface area contributed by atoms with Crippen LogP contribution in [0.25, 0.3) is 22.3 Å². The van der Waals surface area contributed by atoms with E-state index >= 15 is 0 Å². The van der Waals surface area contributed by atoms with Crippen LogP contribution in [0.15, 0.2) is 42.7 Å². The molecule has 33 heavy (non-hydrogen) atoms. The second kappa shape index (κ2) is 8.31. The smallest absolute Gasteiger partial charge is 0.277 e. The zero-order valence-corrected chi connectivity index (χ0v) is 18.5. The summed E-state index contributed by atoms with van der Waals surface area (Å²) in [5.41, 5.74) is 3.30. The summed E-state index contributed by atoms with van der Waals surface area (Å²) in [6.07, 6.45) is 4.43. The minimum atomic E-state index is -3.79. The minimum Gasteiger partial charge on any atom is -0.473 e. The topological polar surface area (TPSA) is 144 Å². The van der Waals surface area contributed by atoms with Gasteiger partial charge in [-0.1, -0.05) is 24.3 Å². The van der Waals surface area contributed by atoms with Crippen LogP contribution in [0.3, 0.4) is 0 Å². The predicted octanol–water partition coefficient (Wildman–Crippen LogP) is 1.53. The molecule has 0 bridgehead atoms. The molecule has 3 aromatic rings. The van der Waals surface area contributed by atoms with Gasteiger partial charge in [-0.05, 0) is 24.5 Å². The zero-order chi connectivity index (χ0) is 23.1. The third kappa shape index (κ3) is 4.38. The van der Waals surface area contributed by atoms with Gasteiger partial charge in [-0.3, -0.25) is 4.98 Å². The van der Waals surface area contributed by atoms with Crippen LogP contribution in [0.1, 0.15) is 18.4 Å². The summed E-state index contributed by atoms with van der Waals surface area (Å²) < 4.78 is 36.0. The van der Waals surface area contributed by atoms with Crippen molar-refractivity contribution in [3.63, 3.8) is 0 Å². The molecule has 2 N–H and O–H groups in total. The number of hydrogen-bond acceptors (Lipinski definition) is 8. The summed E-state index contributed by atoms with van der Waals surface area (Å²) in [6, 6.07) is 12.1. The molecule has 1 aromatic carbocycles. The molecule has 3 heterocycles. The zero-order valence-electron chi connectivity index (χ0n) is 17.7. The van der Waals surface area contributed by atoms with Crippen molar-refractivity contribution in [3.05, 3.63) is 48.3 Å². The van der Waals surface area contributed by atoms with E-state index in [0.717, 1.165) is 24.0 Å². The second-order valence-corrected chi connectivity index (χ2v) is 9.76. The molecular weight excluding hydrogens is 444 g/mol. The molecule has 1 aliphatic heterocycles. The highest BCUT2D eigenvalue weighted by Gasteiger charge is 2.44. The fraction of sp³-hybridized carbons (Fsp3) is 0.364. The lowest BCUT2D eigenvalue weighted by Gasteiger charge is -2.30. The summed E-state index contributed by atoms with van der Waals surface area (Å²) in [4.78, 5) is 13.4. The number of hydrogen-bond donors (Lipinski definition) is 1. The van der Waals surface area contributed by atoms with Crippen LogP contribution in [0.2, 0.25) is 0 Å². The maximum absolute atomic E-state index is 11.7. The van der Waals surface area contributed by atoms with E-state index in [1.807, 2.05) is 30.3 Å². The Labute approximate surface area is 191 Å². The van der Waals surface area contributed by atoms with Crippen molar-refractivity contribution >= 4 is 21.2 Å². The number of nitrogens with two attached hydrogens (primary N) is 1. The number of rotatable bonds is 6. The molecule has 0 spiro atoms. The van der Waals surface area contributed by atoms with E-state index in [9.17, 15) is 13.7 Å². The van der Waals surface area contributed by atoms with Crippen molar-refractivity contribution in [3.8, 4) is 23.2 Å². The summed E-state index contributed by atoms with van der Waals surface area (Å²) >= 11 is 0. The maximum atomic E-state index is 11.7. The molecule has 0 unspecified atom stereocenters. The number of aromatic nitrogens is 3. The van der Waals surface area contributed by atoms with E-state index in [1.54, 1.807) is 12.4 Å². The Balaban J connectivity index is 1.40. The summed E-state index contributed by atoms with van der Waals surface area (Å²) in [5, 5.41) is 14.7. The standard InChI is InChI=1S/C22H22N6O4S/c23-14-22(5-6-22)16-3-1-15(2-4-16)18-11-19-20(26-8-7-25-19)21(27-18)32-13-17-12-28(9-10-31-17)33(24,29)30/h1-4,7-8,11,17H,5-6,9-10,12-13H2,(H2,24,29,30)/t17-/m0/s1. The average Bonchev–Trinajstić information content (AvgIpc) is 3.63. The number of nitrogens with zero attached hydrogens (tertiary/aromatic N) is 5. The fourth-order valence-corrected chi connectivity index (χ4v) is 4.64. The first-order valence-corrected chi connectivity index (χ1v) is 12.0. The molecule has 5 rings (SSSR count). The molecule has 0 radical (unpaired) electrons. The van der Waals surface area contributed by atoms with Gasteiger partial charge in [-0.2, -0.15) is 18.0 Å². The van der Waals surface area contributed by atoms with Crippen LogP contribution >= 0.6 is 0 Å². The number of fused-ring (bicyclic) bond motifs is 1. The summed E-state index contributed by atoms with van der Waals surface area (Å²) in [5.74, 6) is 0.284. The number of ether oxygens (including phenoxy) is 2. The lowest BCUT2D eigenvalue weighted by atomic mass is 9.96. The highest BCUT2D eigenvalue weighted by molar-refractivity contribution is 7.86. The van der Waals surface area contributed by atoms with Gasteiger partial charge in [-0.25, -0.2) is 15.1 Å². The first-order chi connectivity index (χ1) is 15.9. The Morgan fingerprint density at radius 2 is 2.00 bits per heavy atom. The maximum Gasteiger partial charge on any atom is 0.277 e. The number of morpholine rings is 1. The Morgan fingerprint density at radius 1 is 1.24 bits per heavy atom. The normalized spacial score (nSPS) is 20.3. The molecular formula is C22H22N6O4S. The van der Waals surface area contributed by atoms with Gasteiger partial charge in [0, 0.05) is 31.0 Å².